The first-order valence-corrected chi connectivity index (χ1v) is 7.92. The van der Waals surface area contributed by atoms with Crippen LogP contribution in [0.3, 0.4) is 0 Å². The molecule has 0 bridgehead atoms. The van der Waals surface area contributed by atoms with Crippen molar-refractivity contribution in [3.8, 4) is 6.01 Å². The third kappa shape index (κ3) is 3.55. The monoisotopic (exact) mass is 354 g/mol. The predicted octanol–water partition coefficient (Wildman–Crippen LogP) is 1.91. The lowest BCUT2D eigenvalue weighted by atomic mass is 10.1. The second kappa shape index (κ2) is 7.75. The van der Waals surface area contributed by atoms with Crippen LogP contribution in [0.25, 0.3) is 10.9 Å². The van der Waals surface area contributed by atoms with Crippen LogP contribution < -0.4 is 10.1 Å². The second-order valence-corrected chi connectivity index (χ2v) is 5.49. The number of carbonyl (C=O) groups is 2. The third-order valence-corrected chi connectivity index (χ3v) is 3.84. The van der Waals surface area contributed by atoms with Gasteiger partial charge in [-0.05, 0) is 6.07 Å². The summed E-state index contributed by atoms with van der Waals surface area (Å²) in [5, 5.41) is 3.22. The van der Waals surface area contributed by atoms with Crippen molar-refractivity contribution < 1.29 is 19.1 Å². The Labute approximate surface area is 149 Å². The number of carbonyl (C=O) groups excluding carboxylic acids is 2. The van der Waals surface area contributed by atoms with E-state index in [0.717, 1.165) is 10.9 Å². The number of hydrogen-bond donors (Lipinski definition) is 1. The zero-order valence-electron chi connectivity index (χ0n) is 14.4. The van der Waals surface area contributed by atoms with Gasteiger partial charge in [0.25, 0.3) is 11.7 Å². The smallest absolute Gasteiger partial charge is 0.316 e. The molecule has 0 saturated carbocycles. The number of ether oxygens (including phenoxy) is 2. The summed E-state index contributed by atoms with van der Waals surface area (Å²) in [4.78, 5) is 32.8. The first kappa shape index (κ1) is 17.6. The molecule has 3 rings (SSSR count). The largest absolute Gasteiger partial charge is 0.467 e. The minimum atomic E-state index is -0.756. The summed E-state index contributed by atoms with van der Waals surface area (Å²) in [5.41, 5.74) is 1.52. The lowest BCUT2D eigenvalue weighted by Crippen LogP contribution is -2.23. The van der Waals surface area contributed by atoms with Crippen molar-refractivity contribution in [2.24, 2.45) is 0 Å². The number of amides is 1. The normalized spacial score (nSPS) is 10.7. The van der Waals surface area contributed by atoms with Gasteiger partial charge in [-0.25, -0.2) is 9.97 Å². The van der Waals surface area contributed by atoms with Crippen molar-refractivity contribution in [1.29, 1.82) is 0 Å². The van der Waals surface area contributed by atoms with Crippen LogP contribution in [-0.2, 0) is 16.1 Å². The minimum Gasteiger partial charge on any atom is -0.467 e. The first-order valence-electron chi connectivity index (χ1n) is 7.92. The average Bonchev–Trinajstić information content (AvgIpc) is 3.05. The highest BCUT2D eigenvalue weighted by Gasteiger charge is 2.21. The zero-order chi connectivity index (χ0) is 18.5. The summed E-state index contributed by atoms with van der Waals surface area (Å²) >= 11 is 0. The second-order valence-electron chi connectivity index (χ2n) is 5.49. The molecule has 0 saturated heterocycles. The molecule has 0 aliphatic carbocycles. The maximum atomic E-state index is 12.7. The minimum absolute atomic E-state index is 0.176. The number of ketones is 1. The fraction of sp³-hybridized carbons (Fsp3) is 0.222. The molecule has 1 N–H and O–H groups in total. The Hall–Kier alpha value is -3.26. The number of hydrogen-bond acceptors (Lipinski definition) is 6. The van der Waals surface area contributed by atoms with E-state index in [1.165, 1.54) is 19.5 Å². The molecule has 8 nitrogen and oxygen atoms in total. The van der Waals surface area contributed by atoms with Gasteiger partial charge < -0.3 is 19.4 Å². The molecule has 2 aromatic heterocycles. The molecule has 8 heteroatoms. The summed E-state index contributed by atoms with van der Waals surface area (Å²) in [7, 11) is 3.05. The number of aromatic nitrogens is 3. The quantitative estimate of drug-likeness (QED) is 0.514. The molecule has 2 heterocycles. The molecule has 134 valence electrons. The van der Waals surface area contributed by atoms with Crippen LogP contribution in [0.4, 0.5) is 5.69 Å². The van der Waals surface area contributed by atoms with Crippen LogP contribution in [0, 0.1) is 0 Å². The summed E-state index contributed by atoms with van der Waals surface area (Å²) in [6, 6.07) is 7.60. The Morgan fingerprint density at radius 2 is 1.88 bits per heavy atom. The fourth-order valence-corrected chi connectivity index (χ4v) is 2.60. The van der Waals surface area contributed by atoms with E-state index in [9.17, 15) is 9.59 Å². The first-order chi connectivity index (χ1) is 12.6. The van der Waals surface area contributed by atoms with Crippen molar-refractivity contribution in [3.05, 3.63) is 48.4 Å². The van der Waals surface area contributed by atoms with Crippen molar-refractivity contribution in [3.63, 3.8) is 0 Å². The van der Waals surface area contributed by atoms with Gasteiger partial charge in [0.05, 0.1) is 37.4 Å². The Bertz CT molecular complexity index is 934. The highest BCUT2D eigenvalue weighted by Crippen LogP contribution is 2.22. The van der Waals surface area contributed by atoms with E-state index in [0.29, 0.717) is 24.4 Å². The maximum Gasteiger partial charge on any atom is 0.316 e. The van der Waals surface area contributed by atoms with Gasteiger partial charge in [-0.15, -0.1) is 0 Å². The number of anilines is 1. The zero-order valence-corrected chi connectivity index (χ0v) is 14.4. The lowest BCUT2D eigenvalue weighted by Gasteiger charge is -2.04. The number of benzene rings is 1. The standard InChI is InChI=1S/C18H18N4O4/c1-25-8-7-22-11-14(13-5-3-4-6-15(13)22)16(23)17(24)21-12-9-19-18(26-2)20-10-12/h3-6,9-11H,7-8H2,1-2H3,(H,21,24). The molecule has 0 atom stereocenters. The van der Waals surface area contributed by atoms with Crippen molar-refractivity contribution >= 4 is 28.3 Å². The molecule has 0 spiro atoms. The summed E-state index contributed by atoms with van der Waals surface area (Å²) in [6.07, 6.45) is 4.42. The molecule has 3 aromatic rings. The molecule has 26 heavy (non-hydrogen) atoms. The predicted molar refractivity (Wildman–Crippen MR) is 95.4 cm³/mol. The van der Waals surface area contributed by atoms with Gasteiger partial charge in [0.1, 0.15) is 0 Å². The van der Waals surface area contributed by atoms with Crippen LogP contribution >= 0.6 is 0 Å². The van der Waals surface area contributed by atoms with E-state index in [1.807, 2.05) is 28.8 Å². The Morgan fingerprint density at radius 1 is 1.15 bits per heavy atom. The van der Waals surface area contributed by atoms with E-state index >= 15 is 0 Å². The average molecular weight is 354 g/mol. The van der Waals surface area contributed by atoms with Crippen molar-refractivity contribution in [2.75, 3.05) is 26.1 Å². The van der Waals surface area contributed by atoms with Crippen LogP contribution in [0.5, 0.6) is 6.01 Å². The van der Waals surface area contributed by atoms with E-state index in [-0.39, 0.29) is 6.01 Å². The molecule has 0 radical (unpaired) electrons. The van der Waals surface area contributed by atoms with Gasteiger partial charge in [-0.1, -0.05) is 18.2 Å². The van der Waals surface area contributed by atoms with E-state index in [4.69, 9.17) is 9.47 Å². The number of nitrogens with one attached hydrogen (secondary N) is 1. The number of rotatable bonds is 7. The fourth-order valence-electron chi connectivity index (χ4n) is 2.60. The molecule has 0 aliphatic heterocycles. The van der Waals surface area contributed by atoms with Gasteiger partial charge >= 0.3 is 6.01 Å². The van der Waals surface area contributed by atoms with Crippen LogP contribution in [-0.4, -0.2) is 47.1 Å². The number of fused-ring (bicyclic) bond motifs is 1. The maximum absolute atomic E-state index is 12.7. The number of methoxy groups -OCH3 is 2. The van der Waals surface area contributed by atoms with Crippen molar-refractivity contribution in [1.82, 2.24) is 14.5 Å². The molecule has 1 aromatic carbocycles. The Morgan fingerprint density at radius 3 is 2.58 bits per heavy atom. The van der Waals surface area contributed by atoms with Gasteiger partial charge in [-0.2, -0.15) is 0 Å². The van der Waals surface area contributed by atoms with E-state index in [2.05, 4.69) is 15.3 Å². The van der Waals surface area contributed by atoms with Crippen molar-refractivity contribution in [2.45, 2.75) is 6.54 Å². The molecular formula is C18H18N4O4. The summed E-state index contributed by atoms with van der Waals surface area (Å²) in [5.74, 6) is -1.39. The molecule has 0 aliphatic rings. The van der Waals surface area contributed by atoms with E-state index in [1.54, 1.807) is 13.3 Å². The third-order valence-electron chi connectivity index (χ3n) is 3.84. The van der Waals surface area contributed by atoms with Gasteiger partial charge in [0.15, 0.2) is 0 Å². The summed E-state index contributed by atoms with van der Waals surface area (Å²) < 4.78 is 11.9. The van der Waals surface area contributed by atoms with Gasteiger partial charge in [-0.3, -0.25) is 9.59 Å². The summed E-state index contributed by atoms with van der Waals surface area (Å²) in [6.45, 7) is 1.08. The molecule has 0 fully saturated rings. The van der Waals surface area contributed by atoms with Gasteiger partial charge in [0.2, 0.25) is 0 Å². The van der Waals surface area contributed by atoms with Crippen LogP contribution in [0.2, 0.25) is 0 Å². The molecular weight excluding hydrogens is 336 g/mol. The topological polar surface area (TPSA) is 95.3 Å². The number of Topliss-reactive ketones (excluding diaryl/α,β-unsaturated/α-hetero) is 1. The molecule has 1 amide bonds. The van der Waals surface area contributed by atoms with E-state index < -0.39 is 11.7 Å². The molecule has 0 unspecified atom stereocenters. The number of nitrogens with zero attached hydrogens (tertiary/aromatic N) is 3. The van der Waals surface area contributed by atoms with Gasteiger partial charge in [0, 0.05) is 30.8 Å². The van der Waals surface area contributed by atoms with Crippen LogP contribution in [0.15, 0.2) is 42.9 Å². The van der Waals surface area contributed by atoms with Crippen LogP contribution in [0.1, 0.15) is 10.4 Å². The SMILES string of the molecule is COCCn1cc(C(=O)C(=O)Nc2cnc(OC)nc2)c2ccccc21. The highest BCUT2D eigenvalue weighted by atomic mass is 16.5. The Balaban J connectivity index is 1.85. The highest BCUT2D eigenvalue weighted by molar-refractivity contribution is 6.48. The Kier molecular flexibility index (Phi) is 5.23. The number of para-hydroxylation sites is 1. The lowest BCUT2D eigenvalue weighted by molar-refractivity contribution is -0.112.